The van der Waals surface area contributed by atoms with Gasteiger partial charge < -0.3 is 9.84 Å². The van der Waals surface area contributed by atoms with E-state index in [1.54, 1.807) is 24.3 Å². The van der Waals surface area contributed by atoms with Gasteiger partial charge >= 0.3 is 5.97 Å². The summed E-state index contributed by atoms with van der Waals surface area (Å²) < 4.78 is 5.29. The number of halogens is 2. The van der Waals surface area contributed by atoms with E-state index in [2.05, 4.69) is 0 Å². The van der Waals surface area contributed by atoms with Crippen molar-refractivity contribution >= 4 is 29.2 Å². The van der Waals surface area contributed by atoms with Gasteiger partial charge in [-0.3, -0.25) is 4.79 Å². The summed E-state index contributed by atoms with van der Waals surface area (Å²) in [7, 11) is 0. The second kappa shape index (κ2) is 6.40. The zero-order valence-electron chi connectivity index (χ0n) is 8.32. The highest BCUT2D eigenvalue weighted by molar-refractivity contribution is 6.36. The van der Waals surface area contributed by atoms with Gasteiger partial charge in [0, 0.05) is 5.54 Å². The lowest BCUT2D eigenvalue weighted by molar-refractivity contribution is -0.136. The Morgan fingerprint density at radius 3 is 2.50 bits per heavy atom. The van der Waals surface area contributed by atoms with Gasteiger partial charge in [0.2, 0.25) is 0 Å². The first-order valence-electron chi connectivity index (χ1n) is 4.50. The van der Waals surface area contributed by atoms with Crippen molar-refractivity contribution in [1.82, 2.24) is 0 Å². The van der Waals surface area contributed by atoms with Crippen LogP contribution in [0.1, 0.15) is 5.56 Å². The fraction of sp³-hybridized carbons (Fsp3) is 0.182. The molecule has 0 fully saturated rings. The lowest BCUT2D eigenvalue weighted by Crippen LogP contribution is -2.00. The zero-order valence-corrected chi connectivity index (χ0v) is 9.83. The minimum atomic E-state index is -0.859. The van der Waals surface area contributed by atoms with Crippen LogP contribution in [-0.2, 0) is 11.2 Å². The Bertz CT molecular complexity index is 385. The highest BCUT2D eigenvalue weighted by atomic mass is 35.5. The minimum absolute atomic E-state index is 0.00260. The molecule has 0 bridgehead atoms. The number of ether oxygens (including phenoxy) is 1. The number of rotatable bonds is 5. The van der Waals surface area contributed by atoms with Crippen LogP contribution in [0.25, 0.3) is 0 Å². The highest BCUT2D eigenvalue weighted by Crippen LogP contribution is 2.14. The Balaban J connectivity index is 2.54. The Kier molecular flexibility index (Phi) is 5.15. The third kappa shape index (κ3) is 4.55. The minimum Gasteiger partial charge on any atom is -0.488 e. The Labute approximate surface area is 103 Å². The molecule has 1 aromatic carbocycles. The molecular formula is C11H10Cl2O3. The predicted octanol–water partition coefficient (Wildman–Crippen LogP) is 3.01. The molecule has 5 heteroatoms. The Hall–Kier alpha value is -1.19. The quantitative estimate of drug-likeness (QED) is 0.886. The number of benzene rings is 1. The summed E-state index contributed by atoms with van der Waals surface area (Å²) in [4.78, 5) is 10.4. The number of carboxylic acids is 1. The van der Waals surface area contributed by atoms with Crippen LogP contribution in [0, 0.1) is 0 Å². The fourth-order valence-corrected chi connectivity index (χ4v) is 1.18. The molecule has 0 aliphatic carbocycles. The number of hydrogen-bond donors (Lipinski definition) is 1. The molecule has 0 aliphatic heterocycles. The number of carboxylic acid groups (broad SMARTS) is 1. The molecule has 1 rings (SSSR count). The maximum absolute atomic E-state index is 10.4. The molecule has 1 aromatic rings. The van der Waals surface area contributed by atoms with Crippen molar-refractivity contribution in [2.24, 2.45) is 0 Å². The van der Waals surface area contributed by atoms with Crippen molar-refractivity contribution in [2.75, 3.05) is 6.61 Å². The van der Waals surface area contributed by atoms with Gasteiger partial charge in [-0.1, -0.05) is 35.3 Å². The third-order valence-electron chi connectivity index (χ3n) is 1.77. The normalized spacial score (nSPS) is 11.2. The van der Waals surface area contributed by atoms with Crippen LogP contribution in [0.4, 0.5) is 0 Å². The van der Waals surface area contributed by atoms with Crippen LogP contribution in [0.15, 0.2) is 34.8 Å². The Morgan fingerprint density at radius 2 is 2.00 bits per heavy atom. The van der Waals surface area contributed by atoms with E-state index in [4.69, 9.17) is 33.0 Å². The van der Waals surface area contributed by atoms with E-state index in [1.165, 1.54) is 5.54 Å². The molecule has 0 unspecified atom stereocenters. The van der Waals surface area contributed by atoms with E-state index >= 15 is 0 Å². The highest BCUT2D eigenvalue weighted by Gasteiger charge is 2.01. The summed E-state index contributed by atoms with van der Waals surface area (Å²) in [6, 6.07) is 6.77. The van der Waals surface area contributed by atoms with Crippen molar-refractivity contribution in [3.8, 4) is 5.75 Å². The lowest BCUT2D eigenvalue weighted by Gasteiger charge is -2.05. The molecule has 1 N–H and O–H groups in total. The summed E-state index contributed by atoms with van der Waals surface area (Å²) in [5, 5.41) is 8.97. The van der Waals surface area contributed by atoms with Gasteiger partial charge in [-0.2, -0.15) is 0 Å². The van der Waals surface area contributed by atoms with Gasteiger partial charge in [0.25, 0.3) is 0 Å². The van der Waals surface area contributed by atoms with Crippen LogP contribution >= 0.6 is 23.2 Å². The van der Waals surface area contributed by atoms with Gasteiger partial charge in [0.05, 0.1) is 11.5 Å². The second-order valence-electron chi connectivity index (χ2n) is 3.06. The van der Waals surface area contributed by atoms with E-state index in [0.717, 1.165) is 5.56 Å². The first-order chi connectivity index (χ1) is 7.61. The zero-order chi connectivity index (χ0) is 12.0. The number of aliphatic carboxylic acids is 1. The number of carbonyl (C=O) groups is 1. The molecule has 0 atom stereocenters. The van der Waals surface area contributed by atoms with Crippen LogP contribution < -0.4 is 4.74 Å². The van der Waals surface area contributed by atoms with Crippen LogP contribution in [-0.4, -0.2) is 17.7 Å². The van der Waals surface area contributed by atoms with Gasteiger partial charge in [-0.05, 0) is 17.7 Å². The third-order valence-corrected chi connectivity index (χ3v) is 2.37. The maximum atomic E-state index is 10.4. The molecule has 0 radical (unpaired) electrons. The molecule has 0 aliphatic rings. The molecule has 0 amide bonds. The van der Waals surface area contributed by atoms with Gasteiger partial charge in [0.15, 0.2) is 0 Å². The summed E-state index contributed by atoms with van der Waals surface area (Å²) in [6.07, 6.45) is 0.00260. The molecule has 0 aromatic heterocycles. The second-order valence-corrected chi connectivity index (χ2v) is 3.76. The van der Waals surface area contributed by atoms with Crippen molar-refractivity contribution in [2.45, 2.75) is 6.42 Å². The smallest absolute Gasteiger partial charge is 0.307 e. The van der Waals surface area contributed by atoms with Crippen molar-refractivity contribution in [3.63, 3.8) is 0 Å². The molecule has 0 heterocycles. The topological polar surface area (TPSA) is 46.5 Å². The van der Waals surface area contributed by atoms with Gasteiger partial charge in [0.1, 0.15) is 12.4 Å². The first kappa shape index (κ1) is 12.9. The number of hydrogen-bond acceptors (Lipinski definition) is 2. The monoisotopic (exact) mass is 260 g/mol. The van der Waals surface area contributed by atoms with Crippen LogP contribution in [0.5, 0.6) is 5.75 Å². The lowest BCUT2D eigenvalue weighted by atomic mass is 10.1. The predicted molar refractivity (Wildman–Crippen MR) is 63.1 cm³/mol. The molecule has 3 nitrogen and oxygen atoms in total. The van der Waals surface area contributed by atoms with Crippen LogP contribution in [0.3, 0.4) is 0 Å². The van der Waals surface area contributed by atoms with E-state index in [1.807, 2.05) is 0 Å². The SMILES string of the molecule is O=C(O)Cc1ccc(OCC(Cl)=CCl)cc1. The summed E-state index contributed by atoms with van der Waals surface area (Å²) >= 11 is 11.0. The average Bonchev–Trinajstić information content (AvgIpc) is 2.27. The van der Waals surface area contributed by atoms with Gasteiger partial charge in [-0.25, -0.2) is 0 Å². The van der Waals surface area contributed by atoms with Crippen molar-refractivity contribution in [1.29, 1.82) is 0 Å². The van der Waals surface area contributed by atoms with E-state index in [0.29, 0.717) is 10.8 Å². The summed E-state index contributed by atoms with van der Waals surface area (Å²) in [5.41, 5.74) is 1.96. The Morgan fingerprint density at radius 1 is 1.38 bits per heavy atom. The van der Waals surface area contributed by atoms with E-state index in [9.17, 15) is 4.79 Å². The van der Waals surface area contributed by atoms with E-state index < -0.39 is 5.97 Å². The molecule has 0 saturated carbocycles. The van der Waals surface area contributed by atoms with Crippen molar-refractivity contribution < 1.29 is 14.6 Å². The average molecular weight is 261 g/mol. The molecule has 86 valence electrons. The molecule has 16 heavy (non-hydrogen) atoms. The van der Waals surface area contributed by atoms with Crippen LogP contribution in [0.2, 0.25) is 0 Å². The largest absolute Gasteiger partial charge is 0.488 e. The summed E-state index contributed by atoms with van der Waals surface area (Å²) in [5.74, 6) is -0.243. The van der Waals surface area contributed by atoms with Gasteiger partial charge in [-0.15, -0.1) is 0 Å². The van der Waals surface area contributed by atoms with Crippen molar-refractivity contribution in [3.05, 3.63) is 40.4 Å². The standard InChI is InChI=1S/C11H10Cl2O3/c12-6-9(13)7-16-10-3-1-8(2-4-10)5-11(14)15/h1-4,6H,5,7H2,(H,14,15). The maximum Gasteiger partial charge on any atom is 0.307 e. The summed E-state index contributed by atoms with van der Waals surface area (Å²) in [6.45, 7) is 0.198. The fourth-order valence-electron chi connectivity index (χ4n) is 1.06. The van der Waals surface area contributed by atoms with E-state index in [-0.39, 0.29) is 13.0 Å². The molecular weight excluding hydrogens is 251 g/mol. The molecule has 0 saturated heterocycles. The molecule has 0 spiro atoms. The first-order valence-corrected chi connectivity index (χ1v) is 5.31.